The Balaban J connectivity index is 2.08. The zero-order valence-electron chi connectivity index (χ0n) is 11.3. The van der Waals surface area contributed by atoms with E-state index in [1.165, 1.54) is 0 Å². The van der Waals surface area contributed by atoms with Crippen molar-refractivity contribution in [2.24, 2.45) is 0 Å². The Hall–Kier alpha value is -2.09. The number of carbonyl (C=O) groups excluding carboxylic acids is 1. The molecule has 6 nitrogen and oxygen atoms in total. The van der Waals surface area contributed by atoms with Crippen LogP contribution in [0.15, 0.2) is 12.1 Å². The number of carbonyl (C=O) groups is 1. The van der Waals surface area contributed by atoms with E-state index in [9.17, 15) is 23.7 Å². The van der Waals surface area contributed by atoms with Crippen molar-refractivity contribution < 1.29 is 23.2 Å². The second kappa shape index (κ2) is 6.13. The number of benzene rings is 1. The number of halogens is 2. The maximum absolute atomic E-state index is 13.8. The van der Waals surface area contributed by atoms with E-state index in [0.29, 0.717) is 31.6 Å². The summed E-state index contributed by atoms with van der Waals surface area (Å²) in [5, 5.41) is 13.1. The lowest BCUT2D eigenvalue weighted by Gasteiger charge is -2.35. The Labute approximate surface area is 119 Å². The zero-order valence-corrected chi connectivity index (χ0v) is 11.3. The van der Waals surface area contributed by atoms with Gasteiger partial charge in [-0.3, -0.25) is 14.9 Å². The average molecular weight is 300 g/mol. The summed E-state index contributed by atoms with van der Waals surface area (Å²) >= 11 is 0. The molecule has 1 fully saturated rings. The second-order valence-electron chi connectivity index (χ2n) is 4.76. The maximum atomic E-state index is 13.8. The fraction of sp³-hybridized carbons (Fsp3) is 0.462. The van der Waals surface area contributed by atoms with E-state index in [1.807, 2.05) is 6.92 Å². The van der Waals surface area contributed by atoms with Gasteiger partial charge in [0.1, 0.15) is 5.82 Å². The van der Waals surface area contributed by atoms with Crippen molar-refractivity contribution in [2.45, 2.75) is 31.9 Å². The van der Waals surface area contributed by atoms with Gasteiger partial charge in [-0.2, -0.15) is 4.39 Å². The van der Waals surface area contributed by atoms with Crippen LogP contribution in [0.5, 0.6) is 0 Å². The molecule has 0 heterocycles. The van der Waals surface area contributed by atoms with Crippen LogP contribution in [0.25, 0.3) is 0 Å². The molecule has 0 atom stereocenters. The predicted octanol–water partition coefficient (Wildman–Crippen LogP) is 2.17. The van der Waals surface area contributed by atoms with Crippen LogP contribution in [0, 0.1) is 21.7 Å². The van der Waals surface area contributed by atoms with E-state index >= 15 is 0 Å². The largest absolute Gasteiger partial charge is 0.378 e. The summed E-state index contributed by atoms with van der Waals surface area (Å²) < 4.78 is 32.4. The van der Waals surface area contributed by atoms with Crippen LogP contribution in [-0.2, 0) is 4.74 Å². The molecule has 1 amide bonds. The third kappa shape index (κ3) is 3.33. The van der Waals surface area contributed by atoms with Gasteiger partial charge < -0.3 is 10.1 Å². The zero-order chi connectivity index (χ0) is 15.6. The van der Waals surface area contributed by atoms with E-state index < -0.39 is 33.7 Å². The summed E-state index contributed by atoms with van der Waals surface area (Å²) in [6.07, 6.45) is 1.21. The van der Waals surface area contributed by atoms with Crippen molar-refractivity contribution in [3.8, 4) is 0 Å². The fourth-order valence-corrected chi connectivity index (χ4v) is 2.19. The van der Waals surface area contributed by atoms with Crippen molar-refractivity contribution in [1.29, 1.82) is 0 Å². The maximum Gasteiger partial charge on any atom is 0.308 e. The molecule has 0 aromatic heterocycles. The minimum Gasteiger partial charge on any atom is -0.378 e. The van der Waals surface area contributed by atoms with Crippen molar-refractivity contribution in [2.75, 3.05) is 6.61 Å². The lowest BCUT2D eigenvalue weighted by molar-refractivity contribution is -0.387. The first-order chi connectivity index (χ1) is 9.92. The summed E-state index contributed by atoms with van der Waals surface area (Å²) in [6.45, 7) is 2.42. The molecule has 0 spiro atoms. The highest BCUT2D eigenvalue weighted by atomic mass is 19.1. The molecule has 0 radical (unpaired) electrons. The number of nitrogens with zero attached hydrogens (tertiary/aromatic N) is 1. The van der Waals surface area contributed by atoms with Crippen LogP contribution in [0.3, 0.4) is 0 Å². The standard InChI is InChI=1S/C13H14F2N2O4/c1-2-21-9-5-8(6-9)16-13(18)10-3-7(14)4-11(12(10)15)17(19)20/h3-4,8-9H,2,5-6H2,1H3,(H,16,18). The summed E-state index contributed by atoms with van der Waals surface area (Å²) in [5.41, 5.74) is -1.72. The van der Waals surface area contributed by atoms with Crippen LogP contribution in [0.1, 0.15) is 30.1 Å². The number of rotatable bonds is 5. The van der Waals surface area contributed by atoms with Crippen molar-refractivity contribution in [3.63, 3.8) is 0 Å². The molecule has 1 aliphatic rings. The summed E-state index contributed by atoms with van der Waals surface area (Å²) in [6, 6.07) is 0.896. The third-order valence-electron chi connectivity index (χ3n) is 3.29. The first-order valence-electron chi connectivity index (χ1n) is 6.48. The molecule has 0 unspecified atom stereocenters. The molecule has 21 heavy (non-hydrogen) atoms. The molecule has 0 bridgehead atoms. The molecular formula is C13H14F2N2O4. The highest BCUT2D eigenvalue weighted by molar-refractivity contribution is 5.95. The number of hydrogen-bond acceptors (Lipinski definition) is 4. The van der Waals surface area contributed by atoms with Crippen molar-refractivity contribution in [1.82, 2.24) is 5.32 Å². The van der Waals surface area contributed by atoms with E-state index in [1.54, 1.807) is 0 Å². The van der Waals surface area contributed by atoms with Gasteiger partial charge >= 0.3 is 5.69 Å². The van der Waals surface area contributed by atoms with Gasteiger partial charge in [0.25, 0.3) is 5.91 Å². The Morgan fingerprint density at radius 3 is 2.71 bits per heavy atom. The average Bonchev–Trinajstić information content (AvgIpc) is 2.38. The molecular weight excluding hydrogens is 286 g/mol. The minimum atomic E-state index is -1.33. The Morgan fingerprint density at radius 2 is 2.14 bits per heavy atom. The van der Waals surface area contributed by atoms with Gasteiger partial charge in [-0.05, 0) is 25.8 Å². The third-order valence-corrected chi connectivity index (χ3v) is 3.29. The molecule has 1 aromatic rings. The number of hydrogen-bond donors (Lipinski definition) is 1. The van der Waals surface area contributed by atoms with Gasteiger partial charge in [0.15, 0.2) is 0 Å². The molecule has 2 rings (SSSR count). The van der Waals surface area contributed by atoms with Crippen LogP contribution in [0.2, 0.25) is 0 Å². The molecule has 0 saturated heterocycles. The first kappa shape index (κ1) is 15.3. The molecule has 1 saturated carbocycles. The topological polar surface area (TPSA) is 81.5 Å². The molecule has 1 aromatic carbocycles. The predicted molar refractivity (Wildman–Crippen MR) is 68.9 cm³/mol. The SMILES string of the molecule is CCOC1CC(NC(=O)c2cc(F)cc([N+](=O)[O-])c2F)C1. The van der Waals surface area contributed by atoms with Gasteiger partial charge in [0.05, 0.1) is 22.7 Å². The number of nitro groups is 1. The highest BCUT2D eigenvalue weighted by Gasteiger charge is 2.32. The van der Waals surface area contributed by atoms with Crippen molar-refractivity contribution in [3.05, 3.63) is 39.4 Å². The monoisotopic (exact) mass is 300 g/mol. The molecule has 1 N–H and O–H groups in total. The quantitative estimate of drug-likeness (QED) is 0.667. The molecule has 8 heteroatoms. The van der Waals surface area contributed by atoms with Gasteiger partial charge in [0, 0.05) is 12.6 Å². The number of amides is 1. The van der Waals surface area contributed by atoms with Crippen LogP contribution < -0.4 is 5.32 Å². The van der Waals surface area contributed by atoms with E-state index in [-0.39, 0.29) is 12.1 Å². The summed E-state index contributed by atoms with van der Waals surface area (Å²) in [4.78, 5) is 21.4. The van der Waals surface area contributed by atoms with Gasteiger partial charge in [-0.1, -0.05) is 0 Å². The fourth-order valence-electron chi connectivity index (χ4n) is 2.19. The molecule has 0 aliphatic heterocycles. The smallest absolute Gasteiger partial charge is 0.308 e. The number of nitro benzene ring substituents is 1. The summed E-state index contributed by atoms with van der Waals surface area (Å²) in [7, 11) is 0. The number of nitrogens with one attached hydrogen (secondary N) is 1. The second-order valence-corrected chi connectivity index (χ2v) is 4.76. The van der Waals surface area contributed by atoms with E-state index in [0.717, 1.165) is 0 Å². The van der Waals surface area contributed by atoms with Crippen LogP contribution >= 0.6 is 0 Å². The van der Waals surface area contributed by atoms with Crippen LogP contribution in [-0.4, -0.2) is 29.6 Å². The Morgan fingerprint density at radius 1 is 1.48 bits per heavy atom. The lowest BCUT2D eigenvalue weighted by atomic mass is 9.89. The lowest BCUT2D eigenvalue weighted by Crippen LogP contribution is -2.48. The van der Waals surface area contributed by atoms with Gasteiger partial charge in [0.2, 0.25) is 5.82 Å². The van der Waals surface area contributed by atoms with Crippen molar-refractivity contribution >= 4 is 11.6 Å². The van der Waals surface area contributed by atoms with E-state index in [2.05, 4.69) is 5.32 Å². The Kier molecular flexibility index (Phi) is 4.46. The van der Waals surface area contributed by atoms with Crippen LogP contribution in [0.4, 0.5) is 14.5 Å². The van der Waals surface area contributed by atoms with E-state index in [4.69, 9.17) is 4.74 Å². The normalized spacial score (nSPS) is 20.7. The molecule has 1 aliphatic carbocycles. The number of ether oxygens (including phenoxy) is 1. The summed E-state index contributed by atoms with van der Waals surface area (Å²) in [5.74, 6) is -3.23. The highest BCUT2D eigenvalue weighted by Crippen LogP contribution is 2.26. The minimum absolute atomic E-state index is 0.0481. The van der Waals surface area contributed by atoms with Gasteiger partial charge in [-0.15, -0.1) is 0 Å². The van der Waals surface area contributed by atoms with Gasteiger partial charge in [-0.25, -0.2) is 4.39 Å². The Bertz CT molecular complexity index is 574. The molecule has 114 valence electrons. The first-order valence-corrected chi connectivity index (χ1v) is 6.48.